The Hall–Kier alpha value is -0.750. The van der Waals surface area contributed by atoms with Gasteiger partial charge in [0.2, 0.25) is 9.70 Å². The molecule has 0 spiro atoms. The summed E-state index contributed by atoms with van der Waals surface area (Å²) in [6.07, 6.45) is -0.935. The zero-order chi connectivity index (χ0) is 15.3. The fourth-order valence-electron chi connectivity index (χ4n) is 1.34. The summed E-state index contributed by atoms with van der Waals surface area (Å²) in [6.45, 7) is 3.30. The van der Waals surface area contributed by atoms with E-state index in [4.69, 9.17) is 47.0 Å². The van der Waals surface area contributed by atoms with Crippen LogP contribution in [0.3, 0.4) is 0 Å². The number of alkyl halides is 3. The molecule has 0 aliphatic rings. The second-order valence-corrected chi connectivity index (χ2v) is 6.92. The van der Waals surface area contributed by atoms with E-state index in [-0.39, 0.29) is 11.0 Å². The maximum atomic E-state index is 11.1. The monoisotopic (exact) mass is 353 g/mol. The number of anilines is 1. The molecule has 0 saturated heterocycles. The Balaban J connectivity index is 2.66. The van der Waals surface area contributed by atoms with Crippen LogP contribution >= 0.6 is 47.0 Å². The maximum absolute atomic E-state index is 11.1. The van der Waals surface area contributed by atoms with Gasteiger partial charge in [-0.05, 0) is 31.3 Å². The van der Waals surface area contributed by atoms with Crippen molar-refractivity contribution in [2.24, 2.45) is 0 Å². The highest BCUT2D eigenvalue weighted by atomic mass is 35.6. The molecule has 3 N–H and O–H groups in total. The van der Waals surface area contributed by atoms with Gasteiger partial charge in [0.25, 0.3) is 0 Å². The van der Waals surface area contributed by atoms with Gasteiger partial charge in [0.05, 0.1) is 0 Å². The summed E-state index contributed by atoms with van der Waals surface area (Å²) < 4.78 is -1.73. The van der Waals surface area contributed by atoms with Gasteiger partial charge in [-0.3, -0.25) is 4.79 Å². The minimum Gasteiger partial charge on any atom is -0.339 e. The first-order chi connectivity index (χ1) is 9.18. The smallest absolute Gasteiger partial charge is 0.228 e. The van der Waals surface area contributed by atoms with Crippen molar-refractivity contribution in [3.63, 3.8) is 0 Å². The minimum atomic E-state index is -1.73. The molecule has 8 heteroatoms. The molecule has 4 nitrogen and oxygen atoms in total. The fraction of sp³-hybridized carbons (Fsp3) is 0.333. The number of thiocarbonyl (C=S) groups is 1. The SMILES string of the molecule is CC(=O)NC(NC(=S)Nc1ccc(C)cc1)C(Cl)(Cl)Cl. The second-order valence-electron chi connectivity index (χ2n) is 4.14. The number of aryl methyl sites for hydroxylation is 1. The molecule has 0 saturated carbocycles. The van der Waals surface area contributed by atoms with Gasteiger partial charge >= 0.3 is 0 Å². The molecule has 0 aromatic heterocycles. The largest absolute Gasteiger partial charge is 0.339 e. The Kier molecular flexibility index (Phi) is 6.33. The summed E-state index contributed by atoms with van der Waals surface area (Å²) >= 11 is 22.4. The molecule has 0 aliphatic carbocycles. The molecule has 0 fully saturated rings. The number of halogens is 3. The van der Waals surface area contributed by atoms with E-state index in [0.717, 1.165) is 11.3 Å². The van der Waals surface area contributed by atoms with E-state index in [1.165, 1.54) is 6.92 Å². The summed E-state index contributed by atoms with van der Waals surface area (Å²) in [5.41, 5.74) is 1.92. The number of rotatable bonds is 3. The first kappa shape index (κ1) is 17.3. The van der Waals surface area contributed by atoms with Gasteiger partial charge < -0.3 is 16.0 Å². The van der Waals surface area contributed by atoms with Crippen LogP contribution in [0.5, 0.6) is 0 Å². The van der Waals surface area contributed by atoms with Crippen molar-refractivity contribution >= 4 is 63.7 Å². The zero-order valence-corrected chi connectivity index (χ0v) is 13.9. The molecule has 1 aromatic rings. The normalized spacial score (nSPS) is 12.4. The molecular formula is C12H14Cl3N3OS. The van der Waals surface area contributed by atoms with Gasteiger partial charge in [-0.15, -0.1) is 0 Å². The summed E-state index contributed by atoms with van der Waals surface area (Å²) in [4.78, 5) is 11.1. The van der Waals surface area contributed by atoms with Gasteiger partial charge in [0.1, 0.15) is 6.17 Å². The van der Waals surface area contributed by atoms with E-state index in [1.54, 1.807) is 0 Å². The molecule has 110 valence electrons. The topological polar surface area (TPSA) is 53.2 Å². The Morgan fingerprint density at radius 3 is 2.20 bits per heavy atom. The summed E-state index contributed by atoms with van der Waals surface area (Å²) in [6, 6.07) is 7.61. The van der Waals surface area contributed by atoms with Crippen LogP contribution in [-0.2, 0) is 4.79 Å². The third-order valence-corrected chi connectivity index (χ3v) is 3.13. The third kappa shape index (κ3) is 6.13. The number of benzene rings is 1. The van der Waals surface area contributed by atoms with Crippen molar-refractivity contribution in [1.29, 1.82) is 0 Å². The second kappa shape index (κ2) is 7.31. The first-order valence-electron chi connectivity index (χ1n) is 5.66. The molecule has 20 heavy (non-hydrogen) atoms. The Bertz CT molecular complexity index is 488. The summed E-state index contributed by atoms with van der Waals surface area (Å²) in [5.74, 6) is -0.341. The molecule has 1 aromatic carbocycles. The summed E-state index contributed by atoms with van der Waals surface area (Å²) in [5, 5.41) is 8.39. The van der Waals surface area contributed by atoms with E-state index in [0.29, 0.717) is 0 Å². The Morgan fingerprint density at radius 2 is 1.75 bits per heavy atom. The number of carbonyl (C=O) groups is 1. The fourth-order valence-corrected chi connectivity index (χ4v) is 1.90. The molecule has 1 rings (SSSR count). The van der Waals surface area contributed by atoms with Crippen molar-refractivity contribution < 1.29 is 4.79 Å². The van der Waals surface area contributed by atoms with Crippen LogP contribution < -0.4 is 16.0 Å². The molecule has 1 amide bonds. The lowest BCUT2D eigenvalue weighted by molar-refractivity contribution is -0.119. The van der Waals surface area contributed by atoms with Crippen LogP contribution in [0.2, 0.25) is 0 Å². The van der Waals surface area contributed by atoms with Crippen molar-refractivity contribution in [2.75, 3.05) is 5.32 Å². The third-order valence-electron chi connectivity index (χ3n) is 2.26. The number of hydrogen-bond acceptors (Lipinski definition) is 2. The Labute approximate surface area is 138 Å². The van der Waals surface area contributed by atoms with E-state index in [9.17, 15) is 4.79 Å². The maximum Gasteiger partial charge on any atom is 0.228 e. The molecule has 1 atom stereocenters. The molecular weight excluding hydrogens is 341 g/mol. The van der Waals surface area contributed by atoms with Crippen molar-refractivity contribution in [1.82, 2.24) is 10.6 Å². The average Bonchev–Trinajstić information content (AvgIpc) is 2.29. The molecule has 0 heterocycles. The highest BCUT2D eigenvalue weighted by molar-refractivity contribution is 7.80. The number of hydrogen-bond donors (Lipinski definition) is 3. The highest BCUT2D eigenvalue weighted by Crippen LogP contribution is 2.29. The van der Waals surface area contributed by atoms with Crippen LogP contribution in [0, 0.1) is 6.92 Å². The van der Waals surface area contributed by atoms with Gasteiger partial charge in [-0.1, -0.05) is 52.5 Å². The molecule has 0 bridgehead atoms. The minimum absolute atomic E-state index is 0.235. The van der Waals surface area contributed by atoms with Gasteiger partial charge in [-0.25, -0.2) is 0 Å². The Morgan fingerprint density at radius 1 is 1.20 bits per heavy atom. The van der Waals surface area contributed by atoms with Crippen LogP contribution in [0.25, 0.3) is 0 Å². The molecule has 0 radical (unpaired) electrons. The standard InChI is InChI=1S/C12H14Cl3N3OS/c1-7-3-5-9(6-4-7)17-11(20)18-10(12(13,14)15)16-8(2)19/h3-6,10H,1-2H3,(H,16,19)(H2,17,18,20). The van der Waals surface area contributed by atoms with Crippen LogP contribution in [-0.4, -0.2) is 21.0 Å². The number of carbonyl (C=O) groups excluding carboxylic acids is 1. The van der Waals surface area contributed by atoms with Crippen molar-refractivity contribution in [3.05, 3.63) is 29.8 Å². The van der Waals surface area contributed by atoms with E-state index in [1.807, 2.05) is 31.2 Å². The molecule has 0 aliphatic heterocycles. The highest BCUT2D eigenvalue weighted by Gasteiger charge is 2.33. The van der Waals surface area contributed by atoms with Gasteiger partial charge in [-0.2, -0.15) is 0 Å². The lowest BCUT2D eigenvalue weighted by Crippen LogP contribution is -2.55. The predicted molar refractivity (Wildman–Crippen MR) is 88.4 cm³/mol. The molecule has 1 unspecified atom stereocenters. The zero-order valence-electron chi connectivity index (χ0n) is 10.8. The van der Waals surface area contributed by atoms with E-state index >= 15 is 0 Å². The lowest BCUT2D eigenvalue weighted by atomic mass is 10.2. The first-order valence-corrected chi connectivity index (χ1v) is 7.20. The van der Waals surface area contributed by atoms with Crippen LogP contribution in [0.4, 0.5) is 5.69 Å². The lowest BCUT2D eigenvalue weighted by Gasteiger charge is -2.27. The number of nitrogens with one attached hydrogen (secondary N) is 3. The van der Waals surface area contributed by atoms with Crippen LogP contribution in [0.1, 0.15) is 12.5 Å². The number of amides is 1. The predicted octanol–water partition coefficient (Wildman–Crippen LogP) is 3.11. The van der Waals surface area contributed by atoms with Gasteiger partial charge in [0.15, 0.2) is 5.11 Å². The van der Waals surface area contributed by atoms with Gasteiger partial charge in [0, 0.05) is 12.6 Å². The van der Waals surface area contributed by atoms with Crippen molar-refractivity contribution in [2.45, 2.75) is 23.8 Å². The quantitative estimate of drug-likeness (QED) is 0.443. The average molecular weight is 355 g/mol. The van der Waals surface area contributed by atoms with Crippen molar-refractivity contribution in [3.8, 4) is 0 Å². The summed E-state index contributed by atoms with van der Waals surface area (Å²) in [7, 11) is 0. The van der Waals surface area contributed by atoms with E-state index < -0.39 is 9.96 Å². The van der Waals surface area contributed by atoms with E-state index in [2.05, 4.69) is 16.0 Å². The van der Waals surface area contributed by atoms with Crippen LogP contribution in [0.15, 0.2) is 24.3 Å².